The van der Waals surface area contributed by atoms with Gasteiger partial charge in [0.2, 0.25) is 5.91 Å². The Hall–Kier alpha value is -3.22. The summed E-state index contributed by atoms with van der Waals surface area (Å²) in [7, 11) is 1.55. The third-order valence-corrected chi connectivity index (χ3v) is 5.51. The van der Waals surface area contributed by atoms with Gasteiger partial charge in [-0.1, -0.05) is 6.07 Å². The maximum absolute atomic E-state index is 12.9. The normalized spacial score (nSPS) is 14.4. The van der Waals surface area contributed by atoms with Crippen molar-refractivity contribution < 1.29 is 27.1 Å². The number of carbonyl (C=O) groups is 1. The average molecular weight is 429 g/mol. The number of halogens is 3. The van der Waals surface area contributed by atoms with E-state index in [1.807, 2.05) is 12.1 Å². The third kappa shape index (κ3) is 4.31. The standard InChI is InChI=1S/C24H22F3NO3/c1-14(10-23(29)28-16-7-5-6-15(11-16)24(25,26)27)18-12-19-17-8-3-4-9-20(17)31-22(19)13-21(18)30-2/h5-7,10-13H,3-4,8-9H2,1-2H3,(H,28,29)/b14-10+. The highest BCUT2D eigenvalue weighted by Crippen LogP contribution is 2.38. The van der Waals surface area contributed by atoms with Crippen molar-refractivity contribution in [1.82, 2.24) is 0 Å². The van der Waals surface area contributed by atoms with Gasteiger partial charge in [-0.3, -0.25) is 4.79 Å². The van der Waals surface area contributed by atoms with Crippen LogP contribution in [0.4, 0.5) is 18.9 Å². The monoisotopic (exact) mass is 429 g/mol. The molecular weight excluding hydrogens is 407 g/mol. The van der Waals surface area contributed by atoms with Crippen molar-refractivity contribution in [1.29, 1.82) is 0 Å². The quantitative estimate of drug-likeness (QED) is 0.490. The molecule has 0 saturated carbocycles. The summed E-state index contributed by atoms with van der Waals surface area (Å²) in [6.45, 7) is 1.77. The fourth-order valence-corrected chi connectivity index (χ4v) is 3.99. The van der Waals surface area contributed by atoms with Gasteiger partial charge in [0.15, 0.2) is 0 Å². The minimum atomic E-state index is -4.47. The predicted molar refractivity (Wildman–Crippen MR) is 113 cm³/mol. The number of ether oxygens (including phenoxy) is 1. The van der Waals surface area contributed by atoms with Crippen molar-refractivity contribution in [3.63, 3.8) is 0 Å². The molecule has 0 aliphatic heterocycles. The van der Waals surface area contributed by atoms with E-state index in [1.54, 1.807) is 14.0 Å². The van der Waals surface area contributed by atoms with Gasteiger partial charge < -0.3 is 14.5 Å². The van der Waals surface area contributed by atoms with Crippen LogP contribution in [-0.2, 0) is 23.8 Å². The van der Waals surface area contributed by atoms with Crippen molar-refractivity contribution >= 4 is 28.1 Å². The fraction of sp³-hybridized carbons (Fsp3) is 0.292. The summed E-state index contributed by atoms with van der Waals surface area (Å²) in [6.07, 6.45) is 0.959. The van der Waals surface area contributed by atoms with Crippen LogP contribution in [0.15, 0.2) is 46.9 Å². The Morgan fingerprint density at radius 3 is 2.68 bits per heavy atom. The van der Waals surface area contributed by atoms with E-state index in [0.717, 1.165) is 60.1 Å². The molecule has 1 aliphatic carbocycles. The van der Waals surface area contributed by atoms with Crippen molar-refractivity contribution in [2.24, 2.45) is 0 Å². The number of benzene rings is 2. The van der Waals surface area contributed by atoms with Crippen LogP contribution in [0, 0.1) is 0 Å². The Balaban J connectivity index is 1.63. The van der Waals surface area contributed by atoms with Gasteiger partial charge in [0.25, 0.3) is 0 Å². The molecule has 0 spiro atoms. The number of furan rings is 1. The molecule has 1 amide bonds. The fourth-order valence-electron chi connectivity index (χ4n) is 3.99. The number of alkyl halides is 3. The molecule has 1 aromatic heterocycles. The largest absolute Gasteiger partial charge is 0.496 e. The molecule has 0 fully saturated rings. The Morgan fingerprint density at radius 1 is 1.16 bits per heavy atom. The number of rotatable bonds is 4. The van der Waals surface area contributed by atoms with Gasteiger partial charge in [0.1, 0.15) is 17.1 Å². The van der Waals surface area contributed by atoms with E-state index in [2.05, 4.69) is 5.32 Å². The highest BCUT2D eigenvalue weighted by Gasteiger charge is 2.30. The SMILES string of the molecule is COc1cc2oc3c(c2cc1/C(C)=C/C(=O)Nc1cccc(C(F)(F)F)c1)CCCC3. The molecule has 31 heavy (non-hydrogen) atoms. The summed E-state index contributed by atoms with van der Waals surface area (Å²) in [6, 6.07) is 8.33. The highest BCUT2D eigenvalue weighted by molar-refractivity contribution is 6.04. The van der Waals surface area contributed by atoms with Crippen molar-refractivity contribution in [2.45, 2.75) is 38.8 Å². The molecule has 1 aliphatic rings. The lowest BCUT2D eigenvalue weighted by Gasteiger charge is -2.12. The van der Waals surface area contributed by atoms with Gasteiger partial charge in [-0.05, 0) is 56.0 Å². The lowest BCUT2D eigenvalue weighted by Crippen LogP contribution is -2.11. The van der Waals surface area contributed by atoms with E-state index in [-0.39, 0.29) is 5.69 Å². The first-order chi connectivity index (χ1) is 14.8. The molecule has 0 bridgehead atoms. The zero-order valence-electron chi connectivity index (χ0n) is 17.2. The summed E-state index contributed by atoms with van der Waals surface area (Å²) in [4.78, 5) is 12.5. The minimum Gasteiger partial charge on any atom is -0.496 e. The molecule has 0 radical (unpaired) electrons. The summed E-state index contributed by atoms with van der Waals surface area (Å²) in [5, 5.41) is 3.51. The van der Waals surface area contributed by atoms with Crippen LogP contribution in [0.5, 0.6) is 5.75 Å². The molecule has 7 heteroatoms. The molecule has 2 aromatic carbocycles. The van der Waals surface area contributed by atoms with Crippen LogP contribution in [0.1, 0.15) is 42.2 Å². The Morgan fingerprint density at radius 2 is 1.94 bits per heavy atom. The van der Waals surface area contributed by atoms with Crippen LogP contribution in [-0.4, -0.2) is 13.0 Å². The van der Waals surface area contributed by atoms with Crippen molar-refractivity contribution in [2.75, 3.05) is 12.4 Å². The molecule has 1 heterocycles. The minimum absolute atomic E-state index is 0.0789. The molecule has 0 atom stereocenters. The number of anilines is 1. The zero-order chi connectivity index (χ0) is 22.2. The number of aryl methyl sites for hydroxylation is 2. The van der Waals surface area contributed by atoms with E-state index < -0.39 is 17.6 Å². The lowest BCUT2D eigenvalue weighted by atomic mass is 9.94. The van der Waals surface area contributed by atoms with E-state index in [1.165, 1.54) is 23.8 Å². The molecule has 0 unspecified atom stereocenters. The molecule has 1 N–H and O–H groups in total. The lowest BCUT2D eigenvalue weighted by molar-refractivity contribution is -0.137. The maximum Gasteiger partial charge on any atom is 0.416 e. The molecule has 162 valence electrons. The number of amides is 1. The number of methoxy groups -OCH3 is 1. The maximum atomic E-state index is 12.9. The van der Waals surface area contributed by atoms with Gasteiger partial charge in [0, 0.05) is 40.8 Å². The van der Waals surface area contributed by atoms with Gasteiger partial charge >= 0.3 is 6.18 Å². The smallest absolute Gasteiger partial charge is 0.416 e. The number of hydrogen-bond acceptors (Lipinski definition) is 3. The van der Waals surface area contributed by atoms with Gasteiger partial charge in [-0.25, -0.2) is 0 Å². The van der Waals surface area contributed by atoms with Gasteiger partial charge in [-0.15, -0.1) is 0 Å². The van der Waals surface area contributed by atoms with Gasteiger partial charge in [-0.2, -0.15) is 13.2 Å². The first-order valence-corrected chi connectivity index (χ1v) is 10.1. The first-order valence-electron chi connectivity index (χ1n) is 10.1. The Kier molecular flexibility index (Phi) is 5.52. The average Bonchev–Trinajstić information content (AvgIpc) is 3.09. The van der Waals surface area contributed by atoms with E-state index >= 15 is 0 Å². The topological polar surface area (TPSA) is 51.5 Å². The second-order valence-electron chi connectivity index (χ2n) is 7.65. The summed E-state index contributed by atoms with van der Waals surface area (Å²) >= 11 is 0. The molecule has 3 aromatic rings. The third-order valence-electron chi connectivity index (χ3n) is 5.51. The summed E-state index contributed by atoms with van der Waals surface area (Å²) in [5.41, 5.74) is 2.59. The van der Waals surface area contributed by atoms with Gasteiger partial charge in [0.05, 0.1) is 12.7 Å². The number of allylic oxidation sites excluding steroid dienone is 1. The van der Waals surface area contributed by atoms with E-state index in [0.29, 0.717) is 11.3 Å². The van der Waals surface area contributed by atoms with Crippen LogP contribution in [0.3, 0.4) is 0 Å². The highest BCUT2D eigenvalue weighted by atomic mass is 19.4. The predicted octanol–water partition coefficient (Wildman–Crippen LogP) is 6.38. The van der Waals surface area contributed by atoms with Crippen molar-refractivity contribution in [3.05, 3.63) is 64.9 Å². The molecule has 4 nitrogen and oxygen atoms in total. The van der Waals surface area contributed by atoms with Crippen LogP contribution in [0.25, 0.3) is 16.5 Å². The zero-order valence-corrected chi connectivity index (χ0v) is 17.2. The van der Waals surface area contributed by atoms with Crippen LogP contribution in [0.2, 0.25) is 0 Å². The molecule has 0 saturated heterocycles. The van der Waals surface area contributed by atoms with Crippen LogP contribution < -0.4 is 10.1 Å². The molecule has 4 rings (SSSR count). The Labute approximate surface area is 177 Å². The summed E-state index contributed by atoms with van der Waals surface area (Å²) in [5.74, 6) is 1.05. The first kappa shape index (κ1) is 21.0. The molecular formula is C24H22F3NO3. The van der Waals surface area contributed by atoms with Crippen molar-refractivity contribution in [3.8, 4) is 5.75 Å². The van der Waals surface area contributed by atoms with E-state index in [9.17, 15) is 18.0 Å². The van der Waals surface area contributed by atoms with E-state index in [4.69, 9.17) is 9.15 Å². The van der Waals surface area contributed by atoms with Crippen LogP contribution >= 0.6 is 0 Å². The number of carbonyl (C=O) groups excluding carboxylic acids is 1. The number of nitrogens with one attached hydrogen (secondary N) is 1. The number of hydrogen-bond donors (Lipinski definition) is 1. The second-order valence-corrected chi connectivity index (χ2v) is 7.65. The second kappa shape index (κ2) is 8.13. The number of fused-ring (bicyclic) bond motifs is 3. The Bertz CT molecular complexity index is 1170. The summed E-state index contributed by atoms with van der Waals surface area (Å²) < 4.78 is 50.2.